The molecular weight excluding hydrogens is 364 g/mol. The van der Waals surface area contributed by atoms with Gasteiger partial charge in [-0.25, -0.2) is 9.97 Å². The highest BCUT2D eigenvalue weighted by Crippen LogP contribution is 2.34. The first-order chi connectivity index (χ1) is 13.5. The van der Waals surface area contributed by atoms with Gasteiger partial charge in [-0.3, -0.25) is 4.40 Å². The summed E-state index contributed by atoms with van der Waals surface area (Å²) in [5.74, 6) is 1.67. The molecule has 0 aliphatic heterocycles. The van der Waals surface area contributed by atoms with Gasteiger partial charge in [0.05, 0.1) is 0 Å². The zero-order chi connectivity index (χ0) is 19.8. The molecule has 2 heterocycles. The quantitative estimate of drug-likeness (QED) is 0.429. The van der Waals surface area contributed by atoms with Crippen molar-refractivity contribution < 1.29 is 0 Å². The lowest BCUT2D eigenvalue weighted by atomic mass is 10.1. The Bertz CT molecular complexity index is 1140. The summed E-state index contributed by atoms with van der Waals surface area (Å²) in [6.45, 7) is 8.36. The van der Waals surface area contributed by atoms with E-state index in [2.05, 4.69) is 90.3 Å². The molecule has 0 atom stereocenters. The minimum atomic E-state index is 0.718. The Morgan fingerprint density at radius 1 is 0.893 bits per heavy atom. The molecular formula is C23H24N4S. The second-order valence-corrected chi connectivity index (χ2v) is 7.98. The van der Waals surface area contributed by atoms with Crippen molar-refractivity contribution in [2.75, 3.05) is 11.6 Å². The molecule has 28 heavy (non-hydrogen) atoms. The lowest BCUT2D eigenvalue weighted by Gasteiger charge is -2.15. The number of anilines is 2. The van der Waals surface area contributed by atoms with Crippen molar-refractivity contribution in [3.05, 3.63) is 71.0 Å². The van der Waals surface area contributed by atoms with E-state index in [1.165, 1.54) is 16.0 Å². The first-order valence-electron chi connectivity index (χ1n) is 9.32. The molecule has 0 aliphatic carbocycles. The van der Waals surface area contributed by atoms with Gasteiger partial charge in [0.25, 0.3) is 0 Å². The highest BCUT2D eigenvalue weighted by Gasteiger charge is 2.18. The zero-order valence-corrected chi connectivity index (χ0v) is 17.7. The number of rotatable bonds is 4. The third-order valence-electron chi connectivity index (χ3n) is 4.99. The molecule has 2 aromatic heterocycles. The summed E-state index contributed by atoms with van der Waals surface area (Å²) in [4.78, 5) is 10.8. The van der Waals surface area contributed by atoms with E-state index in [4.69, 9.17) is 4.98 Å². The molecule has 4 nitrogen and oxygen atoms in total. The van der Waals surface area contributed by atoms with Crippen LogP contribution in [0.3, 0.4) is 0 Å². The van der Waals surface area contributed by atoms with Crippen LogP contribution in [0.5, 0.6) is 0 Å². The van der Waals surface area contributed by atoms with E-state index in [0.29, 0.717) is 0 Å². The van der Waals surface area contributed by atoms with Gasteiger partial charge in [-0.05, 0) is 63.3 Å². The van der Waals surface area contributed by atoms with E-state index >= 15 is 0 Å². The monoisotopic (exact) mass is 388 g/mol. The number of para-hydroxylation sites is 1. The van der Waals surface area contributed by atoms with Gasteiger partial charge in [0, 0.05) is 27.5 Å². The van der Waals surface area contributed by atoms with Gasteiger partial charge in [-0.2, -0.15) is 0 Å². The van der Waals surface area contributed by atoms with Gasteiger partial charge in [-0.1, -0.05) is 30.3 Å². The van der Waals surface area contributed by atoms with Gasteiger partial charge >= 0.3 is 0 Å². The Morgan fingerprint density at radius 3 is 2.21 bits per heavy atom. The first kappa shape index (κ1) is 18.6. The van der Waals surface area contributed by atoms with Crippen LogP contribution in [0.25, 0.3) is 17.0 Å². The van der Waals surface area contributed by atoms with Crippen molar-refractivity contribution >= 4 is 29.0 Å². The van der Waals surface area contributed by atoms with Crippen LogP contribution in [0.2, 0.25) is 0 Å². The molecule has 4 aromatic rings. The van der Waals surface area contributed by atoms with Gasteiger partial charge in [0.1, 0.15) is 11.5 Å². The Kier molecular flexibility index (Phi) is 4.85. The molecule has 0 aliphatic rings. The largest absolute Gasteiger partial charge is 0.339 e. The molecule has 0 fully saturated rings. The van der Waals surface area contributed by atoms with Gasteiger partial charge < -0.3 is 5.32 Å². The number of nitrogens with one attached hydrogen (secondary N) is 1. The van der Waals surface area contributed by atoms with Crippen molar-refractivity contribution in [3.63, 3.8) is 0 Å². The van der Waals surface area contributed by atoms with Crippen LogP contribution < -0.4 is 5.32 Å². The molecule has 0 bridgehead atoms. The molecule has 4 rings (SSSR count). The lowest BCUT2D eigenvalue weighted by Crippen LogP contribution is -2.03. The fourth-order valence-electron chi connectivity index (χ4n) is 3.57. The van der Waals surface area contributed by atoms with E-state index in [1.54, 1.807) is 11.8 Å². The molecule has 0 amide bonds. The Labute approximate surface area is 170 Å². The first-order valence-corrected chi connectivity index (χ1v) is 10.5. The van der Waals surface area contributed by atoms with Crippen LogP contribution in [0.4, 0.5) is 11.5 Å². The fourth-order valence-corrected chi connectivity index (χ4v) is 3.98. The summed E-state index contributed by atoms with van der Waals surface area (Å²) in [6.07, 6.45) is 2.09. The summed E-state index contributed by atoms with van der Waals surface area (Å²) < 4.78 is 2.11. The highest BCUT2D eigenvalue weighted by molar-refractivity contribution is 7.98. The van der Waals surface area contributed by atoms with E-state index < -0.39 is 0 Å². The predicted octanol–water partition coefficient (Wildman–Crippen LogP) is 6.10. The highest BCUT2D eigenvalue weighted by atomic mass is 32.2. The number of imidazole rings is 1. The van der Waals surface area contributed by atoms with E-state index in [-0.39, 0.29) is 0 Å². The third-order valence-corrected chi connectivity index (χ3v) is 5.74. The molecule has 0 saturated carbocycles. The number of hydrogen-bond acceptors (Lipinski definition) is 4. The maximum atomic E-state index is 4.90. The Morgan fingerprint density at radius 2 is 1.57 bits per heavy atom. The molecule has 2 aromatic carbocycles. The second kappa shape index (κ2) is 7.32. The topological polar surface area (TPSA) is 42.2 Å². The zero-order valence-electron chi connectivity index (χ0n) is 16.9. The average Bonchev–Trinajstić information content (AvgIpc) is 3.03. The molecule has 0 unspecified atom stereocenters. The van der Waals surface area contributed by atoms with Crippen molar-refractivity contribution in [2.45, 2.75) is 32.6 Å². The summed E-state index contributed by atoms with van der Waals surface area (Å²) in [5.41, 5.74) is 7.60. The maximum Gasteiger partial charge on any atom is 0.236 e. The van der Waals surface area contributed by atoms with Gasteiger partial charge in [0.15, 0.2) is 0 Å². The van der Waals surface area contributed by atoms with Gasteiger partial charge in [0.2, 0.25) is 5.78 Å². The fraction of sp³-hybridized carbons (Fsp3) is 0.217. The van der Waals surface area contributed by atoms with E-state index in [0.717, 1.165) is 39.9 Å². The van der Waals surface area contributed by atoms with Gasteiger partial charge in [-0.15, -0.1) is 11.8 Å². The molecule has 1 N–H and O–H groups in total. The minimum absolute atomic E-state index is 0.718. The average molecular weight is 389 g/mol. The molecule has 5 heteroatoms. The number of nitrogens with zero attached hydrogens (tertiary/aromatic N) is 3. The molecule has 0 spiro atoms. The Hall–Kier alpha value is -2.79. The number of benzene rings is 2. The SMILES string of the molecule is CSc1ccc(-c2nc3nc(C)cc(C)n3c2Nc2c(C)cccc2C)cc1. The van der Waals surface area contributed by atoms with Crippen LogP contribution in [0.15, 0.2) is 53.4 Å². The van der Waals surface area contributed by atoms with Crippen molar-refractivity contribution in [1.82, 2.24) is 14.4 Å². The van der Waals surface area contributed by atoms with E-state index in [1.807, 2.05) is 6.92 Å². The van der Waals surface area contributed by atoms with Crippen LogP contribution in [0, 0.1) is 27.7 Å². The maximum absolute atomic E-state index is 4.90. The summed E-state index contributed by atoms with van der Waals surface area (Å²) in [5, 5.41) is 3.67. The standard InChI is InChI=1S/C23H24N4S/c1-14-7-6-8-15(2)20(14)25-22-21(18-9-11-19(28-5)12-10-18)26-23-24-16(3)13-17(4)27(22)23/h6-13,25H,1-5H3. The van der Waals surface area contributed by atoms with Crippen molar-refractivity contribution in [2.24, 2.45) is 0 Å². The van der Waals surface area contributed by atoms with Crippen molar-refractivity contribution in [3.8, 4) is 11.3 Å². The van der Waals surface area contributed by atoms with Crippen LogP contribution in [-0.2, 0) is 0 Å². The summed E-state index contributed by atoms with van der Waals surface area (Å²) >= 11 is 1.74. The van der Waals surface area contributed by atoms with Crippen molar-refractivity contribution in [1.29, 1.82) is 0 Å². The number of aryl methyl sites for hydroxylation is 4. The second-order valence-electron chi connectivity index (χ2n) is 7.10. The number of aromatic nitrogens is 3. The number of hydrogen-bond donors (Lipinski definition) is 1. The third kappa shape index (κ3) is 3.27. The number of thioether (sulfide) groups is 1. The molecule has 0 radical (unpaired) electrons. The van der Waals surface area contributed by atoms with E-state index in [9.17, 15) is 0 Å². The van der Waals surface area contributed by atoms with Crippen LogP contribution >= 0.6 is 11.8 Å². The smallest absolute Gasteiger partial charge is 0.236 e. The van der Waals surface area contributed by atoms with Crippen LogP contribution in [0.1, 0.15) is 22.5 Å². The molecule has 142 valence electrons. The van der Waals surface area contributed by atoms with Crippen LogP contribution in [-0.4, -0.2) is 20.6 Å². The lowest BCUT2D eigenvalue weighted by molar-refractivity contribution is 1.02. The summed E-state index contributed by atoms with van der Waals surface area (Å²) in [7, 11) is 0. The number of fused-ring (bicyclic) bond motifs is 1. The molecule has 0 saturated heterocycles. The predicted molar refractivity (Wildman–Crippen MR) is 119 cm³/mol. The minimum Gasteiger partial charge on any atom is -0.339 e. The summed E-state index contributed by atoms with van der Waals surface area (Å²) in [6, 6.07) is 17.0. The normalized spacial score (nSPS) is 11.2. The Balaban J connectivity index is 1.96.